The van der Waals surface area contributed by atoms with Crippen LogP contribution in [-0.2, 0) is 7.05 Å². The summed E-state index contributed by atoms with van der Waals surface area (Å²) in [7, 11) is 6.33. The maximum absolute atomic E-state index is 4.50. The number of rotatable bonds is 6. The van der Waals surface area contributed by atoms with Crippen molar-refractivity contribution < 1.29 is 0 Å². The Hall–Kier alpha value is -0.870. The largest absolute Gasteiger partial charge is 0.337 e. The molecule has 2 atom stereocenters. The van der Waals surface area contributed by atoms with Gasteiger partial charge in [0.05, 0.1) is 6.04 Å². The summed E-state index contributed by atoms with van der Waals surface area (Å²) in [5, 5.41) is 3.57. The molecule has 0 saturated carbocycles. The van der Waals surface area contributed by atoms with Crippen LogP contribution in [-0.4, -0.2) is 40.6 Å². The van der Waals surface area contributed by atoms with E-state index in [2.05, 4.69) is 61.7 Å². The Morgan fingerprint density at radius 1 is 1.47 bits per heavy atom. The second-order valence-corrected chi connectivity index (χ2v) is 4.99. The normalized spacial score (nSPS) is 17.1. The number of nitrogens with zero attached hydrogens (tertiary/aromatic N) is 3. The first-order chi connectivity index (χ1) is 7.97. The van der Waals surface area contributed by atoms with E-state index in [0.717, 1.165) is 18.8 Å². The fourth-order valence-corrected chi connectivity index (χ4v) is 2.23. The summed E-state index contributed by atoms with van der Waals surface area (Å²) in [6.07, 6.45) is 4.95. The predicted octanol–water partition coefficient (Wildman–Crippen LogP) is 1.80. The Morgan fingerprint density at radius 3 is 2.47 bits per heavy atom. The zero-order chi connectivity index (χ0) is 13.1. The molecule has 2 unspecified atom stereocenters. The Kier molecular flexibility index (Phi) is 4.71. The van der Waals surface area contributed by atoms with Gasteiger partial charge in [-0.15, -0.1) is 0 Å². The summed E-state index contributed by atoms with van der Waals surface area (Å²) in [6, 6.07) is 0.243. The van der Waals surface area contributed by atoms with Gasteiger partial charge in [-0.2, -0.15) is 0 Å². The van der Waals surface area contributed by atoms with Crippen LogP contribution < -0.4 is 5.32 Å². The number of nitrogens with one attached hydrogen (secondary N) is 1. The van der Waals surface area contributed by atoms with Crippen LogP contribution in [0.1, 0.15) is 39.1 Å². The van der Waals surface area contributed by atoms with E-state index in [0.29, 0.717) is 0 Å². The molecule has 0 aliphatic heterocycles. The van der Waals surface area contributed by atoms with Gasteiger partial charge < -0.3 is 14.8 Å². The number of hydrogen-bond acceptors (Lipinski definition) is 3. The Balaban J connectivity index is 3.12. The molecule has 0 radical (unpaired) electrons. The lowest BCUT2D eigenvalue weighted by atomic mass is 9.87. The monoisotopic (exact) mass is 238 g/mol. The van der Waals surface area contributed by atoms with Gasteiger partial charge in [-0.25, -0.2) is 4.98 Å². The third-order valence-corrected chi connectivity index (χ3v) is 3.88. The number of aromatic nitrogens is 2. The van der Waals surface area contributed by atoms with Crippen molar-refractivity contribution in [1.82, 2.24) is 19.8 Å². The molecule has 0 aromatic carbocycles. The highest BCUT2D eigenvalue weighted by molar-refractivity contribution is 5.08. The van der Waals surface area contributed by atoms with Crippen molar-refractivity contribution in [2.75, 3.05) is 20.6 Å². The first-order valence-electron chi connectivity index (χ1n) is 6.35. The molecule has 1 heterocycles. The minimum absolute atomic E-state index is 0.0646. The smallest absolute Gasteiger partial charge is 0.127 e. The number of hydrogen-bond donors (Lipinski definition) is 1. The molecular weight excluding hydrogens is 212 g/mol. The van der Waals surface area contributed by atoms with Gasteiger partial charge in [0.25, 0.3) is 0 Å². The molecule has 0 bridgehead atoms. The van der Waals surface area contributed by atoms with Crippen LogP contribution in [0.2, 0.25) is 0 Å². The molecular formula is C13H26N4. The second-order valence-electron chi connectivity index (χ2n) is 4.99. The molecule has 1 aromatic rings. The minimum atomic E-state index is 0.0646. The van der Waals surface area contributed by atoms with E-state index in [-0.39, 0.29) is 11.6 Å². The summed E-state index contributed by atoms with van der Waals surface area (Å²) < 4.78 is 2.10. The highest BCUT2D eigenvalue weighted by Gasteiger charge is 2.37. The van der Waals surface area contributed by atoms with Gasteiger partial charge in [-0.1, -0.05) is 13.8 Å². The maximum Gasteiger partial charge on any atom is 0.127 e. The van der Waals surface area contributed by atoms with Gasteiger partial charge in [0.1, 0.15) is 5.82 Å². The van der Waals surface area contributed by atoms with Crippen molar-refractivity contribution in [2.24, 2.45) is 7.05 Å². The van der Waals surface area contributed by atoms with Crippen LogP contribution in [0.15, 0.2) is 12.4 Å². The average Bonchev–Trinajstić information content (AvgIpc) is 2.71. The number of likely N-dealkylation sites (N-methyl/N-ethyl adjacent to an activating group) is 2. The zero-order valence-corrected chi connectivity index (χ0v) is 12.0. The van der Waals surface area contributed by atoms with E-state index in [1.54, 1.807) is 0 Å². The molecule has 0 fully saturated rings. The lowest BCUT2D eigenvalue weighted by molar-refractivity contribution is 0.108. The van der Waals surface area contributed by atoms with Gasteiger partial charge in [0, 0.05) is 25.0 Å². The zero-order valence-electron chi connectivity index (χ0n) is 12.0. The summed E-state index contributed by atoms with van der Waals surface area (Å²) in [6.45, 7) is 7.60. The third-order valence-electron chi connectivity index (χ3n) is 3.88. The standard InChI is InChI=1S/C13H26N4/c1-7-13(3,16(4)5)11(14-8-2)12-15-9-10-17(12)6/h9-11,14H,7-8H2,1-6H3. The molecule has 1 aromatic heterocycles. The summed E-state index contributed by atoms with van der Waals surface area (Å²) >= 11 is 0. The molecule has 0 amide bonds. The number of imidazole rings is 1. The van der Waals surface area contributed by atoms with E-state index in [4.69, 9.17) is 0 Å². The molecule has 0 aliphatic rings. The molecule has 98 valence electrons. The van der Waals surface area contributed by atoms with Gasteiger partial charge >= 0.3 is 0 Å². The van der Waals surface area contributed by atoms with Crippen molar-refractivity contribution in [3.8, 4) is 0 Å². The molecule has 0 saturated heterocycles. The lowest BCUT2D eigenvalue weighted by Crippen LogP contribution is -2.52. The van der Waals surface area contributed by atoms with Crippen molar-refractivity contribution in [2.45, 2.75) is 38.8 Å². The maximum atomic E-state index is 4.50. The van der Waals surface area contributed by atoms with Crippen LogP contribution in [0.3, 0.4) is 0 Å². The number of aryl methyl sites for hydroxylation is 1. The summed E-state index contributed by atoms with van der Waals surface area (Å²) in [5.74, 6) is 1.10. The lowest BCUT2D eigenvalue weighted by Gasteiger charge is -2.42. The molecule has 1 N–H and O–H groups in total. The molecule has 1 rings (SSSR count). The molecule has 4 nitrogen and oxygen atoms in total. The van der Waals surface area contributed by atoms with E-state index in [1.165, 1.54) is 0 Å². The van der Waals surface area contributed by atoms with Crippen LogP contribution in [0.5, 0.6) is 0 Å². The van der Waals surface area contributed by atoms with E-state index in [1.807, 2.05) is 12.4 Å². The average molecular weight is 238 g/mol. The fourth-order valence-electron chi connectivity index (χ4n) is 2.23. The summed E-state index contributed by atoms with van der Waals surface area (Å²) in [5.41, 5.74) is 0.0646. The SMILES string of the molecule is CCNC(c1nccn1C)C(C)(CC)N(C)C. The minimum Gasteiger partial charge on any atom is -0.337 e. The van der Waals surface area contributed by atoms with Crippen LogP contribution >= 0.6 is 0 Å². The van der Waals surface area contributed by atoms with E-state index in [9.17, 15) is 0 Å². The van der Waals surface area contributed by atoms with E-state index >= 15 is 0 Å². The van der Waals surface area contributed by atoms with Crippen molar-refractivity contribution >= 4 is 0 Å². The van der Waals surface area contributed by atoms with E-state index < -0.39 is 0 Å². The Bertz CT molecular complexity index is 345. The van der Waals surface area contributed by atoms with Crippen molar-refractivity contribution in [3.05, 3.63) is 18.2 Å². The first kappa shape index (κ1) is 14.2. The Morgan fingerprint density at radius 2 is 2.12 bits per heavy atom. The van der Waals surface area contributed by atoms with Crippen LogP contribution in [0.4, 0.5) is 0 Å². The topological polar surface area (TPSA) is 33.1 Å². The summed E-state index contributed by atoms with van der Waals surface area (Å²) in [4.78, 5) is 6.79. The quantitative estimate of drug-likeness (QED) is 0.820. The Labute approximate surface area is 105 Å². The van der Waals surface area contributed by atoms with Crippen LogP contribution in [0.25, 0.3) is 0 Å². The van der Waals surface area contributed by atoms with Crippen molar-refractivity contribution in [3.63, 3.8) is 0 Å². The highest BCUT2D eigenvalue weighted by Crippen LogP contribution is 2.31. The fraction of sp³-hybridized carbons (Fsp3) is 0.769. The highest BCUT2D eigenvalue weighted by atomic mass is 15.2. The second kappa shape index (κ2) is 5.65. The van der Waals surface area contributed by atoms with Gasteiger partial charge in [0.15, 0.2) is 0 Å². The molecule has 0 spiro atoms. The van der Waals surface area contributed by atoms with Crippen LogP contribution in [0, 0.1) is 0 Å². The van der Waals surface area contributed by atoms with Gasteiger partial charge in [-0.3, -0.25) is 0 Å². The van der Waals surface area contributed by atoms with Crippen molar-refractivity contribution in [1.29, 1.82) is 0 Å². The first-order valence-corrected chi connectivity index (χ1v) is 6.35. The molecule has 0 aliphatic carbocycles. The third kappa shape index (κ3) is 2.69. The molecule has 4 heteroatoms. The van der Waals surface area contributed by atoms with Gasteiger partial charge in [-0.05, 0) is 34.0 Å². The van der Waals surface area contributed by atoms with Gasteiger partial charge in [0.2, 0.25) is 0 Å². The molecule has 17 heavy (non-hydrogen) atoms. The predicted molar refractivity (Wildman–Crippen MR) is 72.0 cm³/mol.